The lowest BCUT2D eigenvalue weighted by Gasteiger charge is -2.37. The number of halogens is 1. The molecule has 2 N–H and O–H groups in total. The predicted molar refractivity (Wildman–Crippen MR) is 166 cm³/mol. The average molecular weight is 618 g/mol. The fourth-order valence-electron chi connectivity index (χ4n) is 5.44. The lowest BCUT2D eigenvalue weighted by molar-refractivity contribution is -0.139. The fourth-order valence-corrected chi connectivity index (χ4v) is 6.54. The first-order chi connectivity index (χ1) is 21.2. The third-order valence-electron chi connectivity index (χ3n) is 7.90. The molecule has 0 unspecified atom stereocenters. The van der Waals surface area contributed by atoms with Crippen molar-refractivity contribution in [3.05, 3.63) is 80.8 Å². The van der Waals surface area contributed by atoms with E-state index in [0.29, 0.717) is 17.3 Å². The van der Waals surface area contributed by atoms with Gasteiger partial charge < -0.3 is 19.5 Å². The highest BCUT2D eigenvalue weighted by Crippen LogP contribution is 2.35. The van der Waals surface area contributed by atoms with Crippen molar-refractivity contribution in [1.29, 1.82) is 0 Å². The van der Waals surface area contributed by atoms with Crippen molar-refractivity contribution in [2.75, 3.05) is 37.8 Å². The molecule has 0 bridgehead atoms. The number of aromatic nitrogens is 3. The number of hydrogen-bond acceptors (Lipinski definition) is 9. The van der Waals surface area contributed by atoms with E-state index in [2.05, 4.69) is 20.6 Å². The molecule has 11 nitrogen and oxygen atoms in total. The molecule has 4 heterocycles. The number of likely N-dealkylation sites (N-methyl/N-ethyl adjacent to an activating group) is 2. The number of thiophene rings is 1. The lowest BCUT2D eigenvalue weighted by Crippen LogP contribution is -2.48. The van der Waals surface area contributed by atoms with Crippen LogP contribution in [-0.4, -0.2) is 63.5 Å². The first kappa shape index (κ1) is 29.5. The number of carbonyl (C=O) groups excluding carboxylic acids is 2. The van der Waals surface area contributed by atoms with Gasteiger partial charge in [-0.3, -0.25) is 19.8 Å². The lowest BCUT2D eigenvalue weighted by atomic mass is 10.00. The maximum atomic E-state index is 14.7. The van der Waals surface area contributed by atoms with Crippen LogP contribution in [-0.2, 0) is 24.7 Å². The summed E-state index contributed by atoms with van der Waals surface area (Å²) in [4.78, 5) is 51.9. The van der Waals surface area contributed by atoms with Crippen LogP contribution < -0.4 is 20.9 Å². The molecule has 3 aromatic heterocycles. The Hall–Kier alpha value is -4.62. The van der Waals surface area contributed by atoms with E-state index in [9.17, 15) is 18.8 Å². The highest BCUT2D eigenvalue weighted by Gasteiger charge is 2.32. The molecule has 228 valence electrons. The summed E-state index contributed by atoms with van der Waals surface area (Å²) >= 11 is 1.43. The van der Waals surface area contributed by atoms with Gasteiger partial charge in [-0.15, -0.1) is 11.3 Å². The molecule has 0 spiro atoms. The molecule has 4 aromatic rings. The molecule has 1 aliphatic heterocycles. The summed E-state index contributed by atoms with van der Waals surface area (Å²) in [6.45, 7) is 1.45. The summed E-state index contributed by atoms with van der Waals surface area (Å²) in [7, 11) is 5.29. The summed E-state index contributed by atoms with van der Waals surface area (Å²) in [5, 5.41) is 5.89. The van der Waals surface area contributed by atoms with E-state index in [1.807, 2.05) is 30.1 Å². The zero-order valence-electron chi connectivity index (χ0n) is 24.6. The van der Waals surface area contributed by atoms with E-state index in [0.717, 1.165) is 37.8 Å². The number of ether oxygens (including phenoxy) is 1. The highest BCUT2D eigenvalue weighted by molar-refractivity contribution is 7.14. The number of piperazine rings is 1. The van der Waals surface area contributed by atoms with Crippen LogP contribution in [0.2, 0.25) is 0 Å². The average Bonchev–Trinajstić information content (AvgIpc) is 3.41. The van der Waals surface area contributed by atoms with Crippen LogP contribution >= 0.6 is 11.3 Å². The van der Waals surface area contributed by atoms with Crippen LogP contribution in [0.1, 0.15) is 34.9 Å². The Kier molecular flexibility index (Phi) is 8.15. The van der Waals surface area contributed by atoms with Gasteiger partial charge in [-0.2, -0.15) is 0 Å². The Morgan fingerprint density at radius 2 is 1.73 bits per heavy atom. The maximum absolute atomic E-state index is 14.7. The summed E-state index contributed by atoms with van der Waals surface area (Å²) in [5.74, 6) is -0.998. The van der Waals surface area contributed by atoms with Gasteiger partial charge >= 0.3 is 6.09 Å². The van der Waals surface area contributed by atoms with E-state index in [4.69, 9.17) is 4.74 Å². The van der Waals surface area contributed by atoms with Crippen molar-refractivity contribution < 1.29 is 18.7 Å². The molecule has 0 saturated carbocycles. The van der Waals surface area contributed by atoms with E-state index < -0.39 is 11.9 Å². The van der Waals surface area contributed by atoms with Crippen molar-refractivity contribution in [1.82, 2.24) is 24.3 Å². The second-order valence-electron chi connectivity index (χ2n) is 11.0. The quantitative estimate of drug-likeness (QED) is 0.319. The molecule has 1 saturated heterocycles. The van der Waals surface area contributed by atoms with Gasteiger partial charge in [0.2, 0.25) is 5.91 Å². The van der Waals surface area contributed by atoms with Gasteiger partial charge in [-0.1, -0.05) is 12.1 Å². The molecular weight excluding hydrogens is 585 g/mol. The number of nitrogens with zero attached hydrogens (tertiary/aromatic N) is 5. The second-order valence-corrected chi connectivity index (χ2v) is 12.1. The van der Waals surface area contributed by atoms with Crippen LogP contribution in [0.15, 0.2) is 53.5 Å². The van der Waals surface area contributed by atoms with Crippen LogP contribution in [0.25, 0.3) is 11.4 Å². The van der Waals surface area contributed by atoms with Crippen LogP contribution in [0.5, 0.6) is 5.06 Å². The second kappa shape index (κ2) is 12.2. The fraction of sp³-hybridized carbons (Fsp3) is 0.323. The standard InChI is InChI=1S/C31H32FN7O4S/c1-37-14-15-38(2)29(40)26(37)18-8-10-20(11-9-18)33-28-30(41)39(3)17-23(35-28)22-13-12-21(32)27(34-22)36-31(42)43-25-16-19-6-4-5-7-24(19)44-25/h8-13,16-17,26H,4-7,14-15H2,1-3H3,(H,33,35)(H,34,36,42)/t26-/m1/s1. The molecule has 0 radical (unpaired) electrons. The first-order valence-corrected chi connectivity index (χ1v) is 15.1. The molecule has 1 aromatic carbocycles. The zero-order chi connectivity index (χ0) is 31.0. The van der Waals surface area contributed by atoms with Gasteiger partial charge in [0.1, 0.15) is 11.7 Å². The maximum Gasteiger partial charge on any atom is 0.419 e. The molecule has 13 heteroatoms. The van der Waals surface area contributed by atoms with E-state index in [1.165, 1.54) is 44.7 Å². The van der Waals surface area contributed by atoms with Gasteiger partial charge in [0.05, 0.1) is 5.69 Å². The van der Waals surface area contributed by atoms with Crippen molar-refractivity contribution >= 4 is 40.7 Å². The van der Waals surface area contributed by atoms with Crippen LogP contribution in [0.4, 0.5) is 26.5 Å². The third-order valence-corrected chi connectivity index (χ3v) is 9.01. The van der Waals surface area contributed by atoms with Gasteiger partial charge in [0.15, 0.2) is 22.5 Å². The molecule has 2 aliphatic rings. The third kappa shape index (κ3) is 6.06. The summed E-state index contributed by atoms with van der Waals surface area (Å²) in [6.07, 6.45) is 4.78. The summed E-state index contributed by atoms with van der Waals surface area (Å²) < 4.78 is 21.4. The monoisotopic (exact) mass is 617 g/mol. The molecule has 1 atom stereocenters. The van der Waals surface area contributed by atoms with Crippen molar-refractivity contribution in [3.63, 3.8) is 0 Å². The SMILES string of the molecule is CN1CCN(C)[C@H](c2ccc(Nc3nc(-c4ccc(F)c(NC(=O)Oc5cc6c(s5)CCCC6)n4)cn(C)c3=O)cc2)C1=O. The van der Waals surface area contributed by atoms with Crippen molar-refractivity contribution in [3.8, 4) is 16.5 Å². The number of rotatable bonds is 6. The molecule has 44 heavy (non-hydrogen) atoms. The Morgan fingerprint density at radius 3 is 2.50 bits per heavy atom. The van der Waals surface area contributed by atoms with Gasteiger partial charge in [0.25, 0.3) is 5.56 Å². The van der Waals surface area contributed by atoms with Crippen molar-refractivity contribution in [2.24, 2.45) is 7.05 Å². The summed E-state index contributed by atoms with van der Waals surface area (Å²) in [5.41, 5.74) is 2.77. The number of amides is 2. The Labute approximate surface area is 257 Å². The van der Waals surface area contributed by atoms with E-state index in [-0.39, 0.29) is 40.5 Å². The largest absolute Gasteiger partial charge is 0.419 e. The number of carbonyl (C=O) groups is 2. The molecule has 1 aliphatic carbocycles. The predicted octanol–water partition coefficient (Wildman–Crippen LogP) is 4.72. The normalized spacial score (nSPS) is 16.9. The first-order valence-electron chi connectivity index (χ1n) is 14.3. The molecule has 2 amide bonds. The van der Waals surface area contributed by atoms with Gasteiger partial charge in [-0.25, -0.2) is 19.2 Å². The minimum atomic E-state index is -0.848. The number of anilines is 3. The van der Waals surface area contributed by atoms with E-state index >= 15 is 0 Å². The molecule has 6 rings (SSSR count). The zero-order valence-corrected chi connectivity index (χ0v) is 25.4. The number of hydrogen-bond donors (Lipinski definition) is 2. The van der Waals surface area contributed by atoms with E-state index in [1.54, 1.807) is 31.1 Å². The number of aryl methyl sites for hydroxylation is 3. The van der Waals surface area contributed by atoms with Crippen LogP contribution in [0.3, 0.4) is 0 Å². The Bertz CT molecular complexity index is 1770. The van der Waals surface area contributed by atoms with Gasteiger partial charge in [0, 0.05) is 43.9 Å². The molecular formula is C31H32FN7O4S. The number of benzene rings is 1. The number of fused-ring (bicyclic) bond motifs is 1. The van der Waals surface area contributed by atoms with Gasteiger partial charge in [-0.05, 0) is 74.2 Å². The number of nitrogens with one attached hydrogen (secondary N) is 2. The Balaban J connectivity index is 1.19. The molecule has 1 fully saturated rings. The Morgan fingerprint density at radius 1 is 0.977 bits per heavy atom. The van der Waals surface area contributed by atoms with Crippen LogP contribution in [0, 0.1) is 5.82 Å². The minimum Gasteiger partial charge on any atom is -0.399 e. The minimum absolute atomic E-state index is 0.0295. The smallest absolute Gasteiger partial charge is 0.399 e. The summed E-state index contributed by atoms with van der Waals surface area (Å²) in [6, 6.07) is 11.3. The van der Waals surface area contributed by atoms with Crippen molar-refractivity contribution in [2.45, 2.75) is 31.7 Å². The topological polar surface area (TPSA) is 122 Å². The highest BCUT2D eigenvalue weighted by atomic mass is 32.1. The number of pyridine rings is 1.